The molecule has 0 radical (unpaired) electrons. The summed E-state index contributed by atoms with van der Waals surface area (Å²) < 4.78 is 13.1. The van der Waals surface area contributed by atoms with Crippen molar-refractivity contribution < 1.29 is 9.50 Å². The Balaban J connectivity index is 2.12. The van der Waals surface area contributed by atoms with Gasteiger partial charge in [0.1, 0.15) is 5.82 Å². The monoisotopic (exact) mass is 256 g/mol. The number of hydrogen-bond acceptors (Lipinski definition) is 1. The van der Waals surface area contributed by atoms with Crippen molar-refractivity contribution in [2.75, 3.05) is 0 Å². The van der Waals surface area contributed by atoms with E-state index in [1.165, 1.54) is 12.5 Å². The van der Waals surface area contributed by atoms with E-state index < -0.39 is 11.9 Å². The average Bonchev–Trinajstić information content (AvgIpc) is 2.32. The normalized spacial score (nSPS) is 26.8. The van der Waals surface area contributed by atoms with Gasteiger partial charge in [0.05, 0.1) is 11.1 Å². The minimum atomic E-state index is -0.518. The zero-order valence-electron chi connectivity index (χ0n) is 10.00. The molecule has 3 heteroatoms. The van der Waals surface area contributed by atoms with Crippen LogP contribution < -0.4 is 0 Å². The van der Waals surface area contributed by atoms with E-state index in [0.29, 0.717) is 5.92 Å². The quantitative estimate of drug-likeness (QED) is 0.835. The van der Waals surface area contributed by atoms with Gasteiger partial charge in [0.25, 0.3) is 0 Å². The van der Waals surface area contributed by atoms with Gasteiger partial charge in [-0.3, -0.25) is 0 Å². The SMILES string of the molecule is CC1CCCC(C(O)c2ccc(F)c(Cl)c2)C1. The second-order valence-corrected chi connectivity index (χ2v) is 5.56. The predicted octanol–water partition coefficient (Wildman–Crippen LogP) is 4.34. The summed E-state index contributed by atoms with van der Waals surface area (Å²) in [5, 5.41) is 10.4. The molecular formula is C14H18ClFO. The first kappa shape index (κ1) is 12.8. The van der Waals surface area contributed by atoms with Crippen LogP contribution in [0.4, 0.5) is 4.39 Å². The lowest BCUT2D eigenvalue weighted by Gasteiger charge is -2.30. The Bertz CT molecular complexity index is 394. The Labute approximate surface area is 107 Å². The first-order valence-electron chi connectivity index (χ1n) is 6.21. The van der Waals surface area contributed by atoms with E-state index in [4.69, 9.17) is 11.6 Å². The molecule has 1 nitrogen and oxygen atoms in total. The second kappa shape index (κ2) is 5.36. The molecule has 1 aromatic carbocycles. The lowest BCUT2D eigenvalue weighted by Crippen LogP contribution is -2.20. The number of aliphatic hydroxyl groups excluding tert-OH is 1. The van der Waals surface area contributed by atoms with E-state index >= 15 is 0 Å². The van der Waals surface area contributed by atoms with E-state index in [2.05, 4.69) is 6.92 Å². The van der Waals surface area contributed by atoms with Crippen molar-refractivity contribution in [2.24, 2.45) is 11.8 Å². The molecule has 0 saturated heterocycles. The van der Waals surface area contributed by atoms with Crippen LogP contribution in [-0.2, 0) is 0 Å². The molecule has 3 atom stereocenters. The van der Waals surface area contributed by atoms with E-state index in [9.17, 15) is 9.50 Å². The molecule has 0 aliphatic heterocycles. The fourth-order valence-corrected chi connectivity index (χ4v) is 2.93. The minimum absolute atomic E-state index is 0.0883. The first-order valence-corrected chi connectivity index (χ1v) is 6.58. The maximum Gasteiger partial charge on any atom is 0.141 e. The zero-order valence-corrected chi connectivity index (χ0v) is 10.8. The highest BCUT2D eigenvalue weighted by Crippen LogP contribution is 2.37. The molecule has 3 unspecified atom stereocenters. The summed E-state index contributed by atoms with van der Waals surface area (Å²) in [4.78, 5) is 0. The zero-order chi connectivity index (χ0) is 12.4. The van der Waals surface area contributed by atoms with Gasteiger partial charge in [-0.05, 0) is 42.4 Å². The molecule has 94 valence electrons. The van der Waals surface area contributed by atoms with Crippen LogP contribution in [0.1, 0.15) is 44.3 Å². The van der Waals surface area contributed by atoms with Crippen molar-refractivity contribution in [3.8, 4) is 0 Å². The molecule has 2 rings (SSSR count). The molecule has 0 spiro atoms. The molecule has 1 saturated carbocycles. The highest BCUT2D eigenvalue weighted by molar-refractivity contribution is 6.30. The molecular weight excluding hydrogens is 239 g/mol. The number of rotatable bonds is 2. The van der Waals surface area contributed by atoms with Gasteiger partial charge < -0.3 is 5.11 Å². The Hall–Kier alpha value is -0.600. The van der Waals surface area contributed by atoms with Crippen LogP contribution in [0.15, 0.2) is 18.2 Å². The highest BCUT2D eigenvalue weighted by Gasteiger charge is 2.26. The van der Waals surface area contributed by atoms with Gasteiger partial charge in [0, 0.05) is 0 Å². The van der Waals surface area contributed by atoms with Crippen LogP contribution in [0.2, 0.25) is 5.02 Å². The van der Waals surface area contributed by atoms with E-state index in [1.807, 2.05) is 0 Å². The first-order chi connectivity index (χ1) is 8.08. The summed E-state index contributed by atoms with van der Waals surface area (Å²) in [6.45, 7) is 2.22. The summed E-state index contributed by atoms with van der Waals surface area (Å²) in [7, 11) is 0. The summed E-state index contributed by atoms with van der Waals surface area (Å²) in [6, 6.07) is 4.50. The van der Waals surface area contributed by atoms with Crippen molar-refractivity contribution >= 4 is 11.6 Å². The summed E-state index contributed by atoms with van der Waals surface area (Å²) in [5.74, 6) is 0.513. The Morgan fingerprint density at radius 3 is 2.82 bits per heavy atom. The van der Waals surface area contributed by atoms with Crippen LogP contribution in [0, 0.1) is 17.7 Å². The lowest BCUT2D eigenvalue weighted by atomic mass is 9.78. The lowest BCUT2D eigenvalue weighted by molar-refractivity contribution is 0.0713. The van der Waals surface area contributed by atoms with E-state index in [1.54, 1.807) is 12.1 Å². The molecule has 0 heterocycles. The van der Waals surface area contributed by atoms with Gasteiger partial charge in [-0.25, -0.2) is 4.39 Å². The summed E-state index contributed by atoms with van der Waals surface area (Å²) >= 11 is 5.74. The number of aliphatic hydroxyl groups is 1. The fourth-order valence-electron chi connectivity index (χ4n) is 2.74. The molecule has 1 aliphatic rings. The Kier molecular flexibility index (Phi) is 4.05. The molecule has 1 aliphatic carbocycles. The van der Waals surface area contributed by atoms with Crippen LogP contribution in [0.25, 0.3) is 0 Å². The maximum atomic E-state index is 13.1. The number of halogens is 2. The molecule has 0 bridgehead atoms. The van der Waals surface area contributed by atoms with Gasteiger partial charge in [0.2, 0.25) is 0 Å². The summed E-state index contributed by atoms with van der Waals surface area (Å²) in [5.41, 5.74) is 0.732. The molecule has 0 amide bonds. The van der Waals surface area contributed by atoms with Gasteiger partial charge in [-0.2, -0.15) is 0 Å². The van der Waals surface area contributed by atoms with Crippen LogP contribution in [0.3, 0.4) is 0 Å². The average molecular weight is 257 g/mol. The topological polar surface area (TPSA) is 20.2 Å². The van der Waals surface area contributed by atoms with Crippen LogP contribution >= 0.6 is 11.6 Å². The number of benzene rings is 1. The molecule has 1 N–H and O–H groups in total. The highest BCUT2D eigenvalue weighted by atomic mass is 35.5. The van der Waals surface area contributed by atoms with Gasteiger partial charge in [-0.1, -0.05) is 37.4 Å². The Morgan fingerprint density at radius 1 is 1.41 bits per heavy atom. The van der Waals surface area contributed by atoms with Crippen LogP contribution in [-0.4, -0.2) is 5.11 Å². The summed E-state index contributed by atoms with van der Waals surface area (Å²) in [6.07, 6.45) is 3.97. The van der Waals surface area contributed by atoms with Gasteiger partial charge in [-0.15, -0.1) is 0 Å². The van der Waals surface area contributed by atoms with E-state index in [-0.39, 0.29) is 10.9 Å². The minimum Gasteiger partial charge on any atom is -0.388 e. The molecule has 0 aromatic heterocycles. The maximum absolute atomic E-state index is 13.1. The largest absolute Gasteiger partial charge is 0.388 e. The number of hydrogen-bond donors (Lipinski definition) is 1. The van der Waals surface area contributed by atoms with Gasteiger partial charge in [0.15, 0.2) is 0 Å². The smallest absolute Gasteiger partial charge is 0.141 e. The molecule has 17 heavy (non-hydrogen) atoms. The standard InChI is InChI=1S/C14H18ClFO/c1-9-3-2-4-10(7-9)14(17)11-5-6-13(16)12(15)8-11/h5-6,8-10,14,17H,2-4,7H2,1H3. The van der Waals surface area contributed by atoms with E-state index in [0.717, 1.165) is 24.8 Å². The Morgan fingerprint density at radius 2 is 2.18 bits per heavy atom. The fraction of sp³-hybridized carbons (Fsp3) is 0.571. The third kappa shape index (κ3) is 2.99. The molecule has 1 aromatic rings. The predicted molar refractivity (Wildman–Crippen MR) is 67.5 cm³/mol. The van der Waals surface area contributed by atoms with Crippen molar-refractivity contribution in [3.05, 3.63) is 34.6 Å². The van der Waals surface area contributed by atoms with Crippen LogP contribution in [0.5, 0.6) is 0 Å². The van der Waals surface area contributed by atoms with Crippen molar-refractivity contribution in [2.45, 2.75) is 38.7 Å². The van der Waals surface area contributed by atoms with Crippen molar-refractivity contribution in [1.29, 1.82) is 0 Å². The second-order valence-electron chi connectivity index (χ2n) is 5.15. The third-order valence-electron chi connectivity index (χ3n) is 3.71. The molecule has 1 fully saturated rings. The third-order valence-corrected chi connectivity index (χ3v) is 4.00. The van der Waals surface area contributed by atoms with Gasteiger partial charge >= 0.3 is 0 Å². The van der Waals surface area contributed by atoms with Crippen molar-refractivity contribution in [3.63, 3.8) is 0 Å². The van der Waals surface area contributed by atoms with Crippen molar-refractivity contribution in [1.82, 2.24) is 0 Å².